The quantitative estimate of drug-likeness (QED) is 0.689. The van der Waals surface area contributed by atoms with Gasteiger partial charge in [-0.1, -0.05) is 26.7 Å². The summed E-state index contributed by atoms with van der Waals surface area (Å²) < 4.78 is 5.81. The number of esters is 1. The van der Waals surface area contributed by atoms with Gasteiger partial charge in [0.1, 0.15) is 5.60 Å². The average Bonchev–Trinajstić information content (AvgIpc) is 2.64. The summed E-state index contributed by atoms with van der Waals surface area (Å²) in [6.07, 6.45) is 4.54. The lowest BCUT2D eigenvalue weighted by Gasteiger charge is -2.36. The Bertz CT molecular complexity index is 279. The van der Waals surface area contributed by atoms with Crippen LogP contribution in [-0.4, -0.2) is 11.6 Å². The zero-order valence-corrected chi connectivity index (χ0v) is 12.3. The molecule has 2 atom stereocenters. The van der Waals surface area contributed by atoms with Crippen LogP contribution in [0.5, 0.6) is 0 Å². The van der Waals surface area contributed by atoms with E-state index < -0.39 is 0 Å². The molecule has 1 rings (SSSR count). The topological polar surface area (TPSA) is 26.3 Å². The lowest BCUT2D eigenvalue weighted by molar-refractivity contribution is -0.174. The van der Waals surface area contributed by atoms with E-state index in [4.69, 9.17) is 4.74 Å². The number of carbonyl (C=O) groups excluding carboxylic acids is 1. The molecule has 1 fully saturated rings. The minimum absolute atomic E-state index is 0.0518. The van der Waals surface area contributed by atoms with Gasteiger partial charge in [-0.15, -0.1) is 0 Å². The van der Waals surface area contributed by atoms with Gasteiger partial charge in [0, 0.05) is 5.92 Å². The predicted octanol–water partition coefficient (Wildman–Crippen LogP) is 4.18. The Hall–Kier alpha value is -0.530. The summed E-state index contributed by atoms with van der Waals surface area (Å²) in [4.78, 5) is 12.2. The van der Waals surface area contributed by atoms with E-state index in [1.165, 1.54) is 19.3 Å². The fourth-order valence-electron chi connectivity index (χ4n) is 2.78. The molecule has 2 nitrogen and oxygen atoms in total. The second-order valence-corrected chi connectivity index (χ2v) is 6.75. The van der Waals surface area contributed by atoms with Gasteiger partial charge in [-0.25, -0.2) is 0 Å². The van der Waals surface area contributed by atoms with Crippen LogP contribution in [0.4, 0.5) is 0 Å². The lowest BCUT2D eigenvalue weighted by atomic mass is 9.82. The third-order valence-electron chi connectivity index (χ3n) is 4.55. The maximum absolute atomic E-state index is 12.2. The van der Waals surface area contributed by atoms with Crippen molar-refractivity contribution in [1.29, 1.82) is 0 Å². The molecule has 0 heterocycles. The van der Waals surface area contributed by atoms with E-state index >= 15 is 0 Å². The highest BCUT2D eigenvalue weighted by atomic mass is 16.6. The number of carbonyl (C=O) groups is 1. The fourth-order valence-corrected chi connectivity index (χ4v) is 2.78. The summed E-state index contributed by atoms with van der Waals surface area (Å²) >= 11 is 0. The highest BCUT2D eigenvalue weighted by molar-refractivity contribution is 5.76. The molecule has 0 aromatic carbocycles. The van der Waals surface area contributed by atoms with Crippen LogP contribution in [0, 0.1) is 17.3 Å². The van der Waals surface area contributed by atoms with E-state index in [0.29, 0.717) is 11.8 Å². The standard InChI is InChI=1S/C15H28O2/c1-7-14(3,4)13(16)17-15(5,6)12-10-8-9-11(12)2/h11-12H,7-10H2,1-6H3. The van der Waals surface area contributed by atoms with Crippen LogP contribution in [0.3, 0.4) is 0 Å². The zero-order chi connectivity index (χ0) is 13.3. The van der Waals surface area contributed by atoms with E-state index in [1.807, 2.05) is 20.8 Å². The van der Waals surface area contributed by atoms with E-state index in [0.717, 1.165) is 6.42 Å². The van der Waals surface area contributed by atoms with Gasteiger partial charge in [0.15, 0.2) is 0 Å². The van der Waals surface area contributed by atoms with E-state index in [2.05, 4.69) is 20.8 Å². The molecule has 1 aliphatic rings. The van der Waals surface area contributed by atoms with Crippen LogP contribution in [0.15, 0.2) is 0 Å². The molecule has 0 spiro atoms. The number of rotatable bonds is 4. The third kappa shape index (κ3) is 3.23. The van der Waals surface area contributed by atoms with Crippen LogP contribution in [0.1, 0.15) is 67.2 Å². The number of hydrogen-bond acceptors (Lipinski definition) is 2. The van der Waals surface area contributed by atoms with Crippen molar-refractivity contribution in [1.82, 2.24) is 0 Å². The molecule has 1 aliphatic carbocycles. The molecule has 0 aromatic rings. The molecular weight excluding hydrogens is 212 g/mol. The summed E-state index contributed by atoms with van der Waals surface area (Å²) in [5, 5.41) is 0. The van der Waals surface area contributed by atoms with Gasteiger partial charge in [0.2, 0.25) is 0 Å². The van der Waals surface area contributed by atoms with Gasteiger partial charge in [-0.05, 0) is 46.5 Å². The smallest absolute Gasteiger partial charge is 0.312 e. The second-order valence-electron chi connectivity index (χ2n) is 6.75. The molecular formula is C15H28O2. The first kappa shape index (κ1) is 14.5. The Morgan fingerprint density at radius 1 is 1.24 bits per heavy atom. The van der Waals surface area contributed by atoms with Crippen molar-refractivity contribution in [3.8, 4) is 0 Å². The minimum Gasteiger partial charge on any atom is -0.459 e. The van der Waals surface area contributed by atoms with Crippen molar-refractivity contribution >= 4 is 5.97 Å². The Morgan fingerprint density at radius 2 is 1.82 bits per heavy atom. The van der Waals surface area contributed by atoms with Crippen molar-refractivity contribution in [3.63, 3.8) is 0 Å². The monoisotopic (exact) mass is 240 g/mol. The minimum atomic E-state index is -0.362. The molecule has 2 heteroatoms. The van der Waals surface area contributed by atoms with Crippen molar-refractivity contribution < 1.29 is 9.53 Å². The summed E-state index contributed by atoms with van der Waals surface area (Å²) in [5.74, 6) is 1.13. The number of hydrogen-bond donors (Lipinski definition) is 0. The van der Waals surface area contributed by atoms with Crippen molar-refractivity contribution in [2.75, 3.05) is 0 Å². The van der Waals surface area contributed by atoms with Gasteiger partial charge in [0.05, 0.1) is 5.41 Å². The molecule has 0 radical (unpaired) electrons. The zero-order valence-electron chi connectivity index (χ0n) is 12.3. The first-order chi connectivity index (χ1) is 7.70. The second kappa shape index (κ2) is 4.99. The van der Waals surface area contributed by atoms with Gasteiger partial charge in [-0.2, -0.15) is 0 Å². The number of ether oxygens (including phenoxy) is 1. The first-order valence-corrected chi connectivity index (χ1v) is 6.94. The highest BCUT2D eigenvalue weighted by Crippen LogP contribution is 2.41. The molecule has 2 unspecified atom stereocenters. The van der Waals surface area contributed by atoms with Crippen molar-refractivity contribution in [3.05, 3.63) is 0 Å². The van der Waals surface area contributed by atoms with Crippen molar-refractivity contribution in [2.24, 2.45) is 17.3 Å². The van der Waals surface area contributed by atoms with Crippen LogP contribution in [0.25, 0.3) is 0 Å². The van der Waals surface area contributed by atoms with Gasteiger partial charge in [0.25, 0.3) is 0 Å². The largest absolute Gasteiger partial charge is 0.459 e. The van der Waals surface area contributed by atoms with Crippen molar-refractivity contribution in [2.45, 2.75) is 72.8 Å². The summed E-state index contributed by atoms with van der Waals surface area (Å²) in [5.41, 5.74) is -0.682. The fraction of sp³-hybridized carbons (Fsp3) is 0.933. The SMILES string of the molecule is CCC(C)(C)C(=O)OC(C)(C)C1CCCC1C. The molecule has 0 N–H and O–H groups in total. The summed E-state index contributed by atoms with van der Waals surface area (Å²) in [6, 6.07) is 0. The average molecular weight is 240 g/mol. The van der Waals surface area contributed by atoms with Gasteiger partial charge >= 0.3 is 5.97 Å². The lowest BCUT2D eigenvalue weighted by Crippen LogP contribution is -2.41. The van der Waals surface area contributed by atoms with Crippen LogP contribution in [0.2, 0.25) is 0 Å². The maximum Gasteiger partial charge on any atom is 0.312 e. The Balaban J connectivity index is 2.69. The third-order valence-corrected chi connectivity index (χ3v) is 4.55. The summed E-state index contributed by atoms with van der Waals surface area (Å²) in [7, 11) is 0. The van der Waals surface area contributed by atoms with E-state index in [-0.39, 0.29) is 17.0 Å². The molecule has 0 aliphatic heterocycles. The molecule has 0 amide bonds. The van der Waals surface area contributed by atoms with Crippen LogP contribution >= 0.6 is 0 Å². The van der Waals surface area contributed by atoms with E-state index in [9.17, 15) is 4.79 Å². The highest BCUT2D eigenvalue weighted by Gasteiger charge is 2.41. The Morgan fingerprint density at radius 3 is 2.24 bits per heavy atom. The molecule has 100 valence electrons. The first-order valence-electron chi connectivity index (χ1n) is 6.94. The molecule has 0 bridgehead atoms. The molecule has 0 saturated heterocycles. The maximum atomic E-state index is 12.2. The molecule has 1 saturated carbocycles. The Labute approximate surface area is 106 Å². The predicted molar refractivity (Wildman–Crippen MR) is 70.7 cm³/mol. The molecule has 17 heavy (non-hydrogen) atoms. The van der Waals surface area contributed by atoms with E-state index in [1.54, 1.807) is 0 Å². The molecule has 0 aromatic heterocycles. The van der Waals surface area contributed by atoms with Gasteiger partial charge < -0.3 is 4.74 Å². The Kier molecular flexibility index (Phi) is 4.27. The van der Waals surface area contributed by atoms with Gasteiger partial charge in [-0.3, -0.25) is 4.79 Å². The van der Waals surface area contributed by atoms with Crippen LogP contribution < -0.4 is 0 Å². The van der Waals surface area contributed by atoms with Crippen LogP contribution in [-0.2, 0) is 9.53 Å². The summed E-state index contributed by atoms with van der Waals surface area (Å²) in [6.45, 7) is 12.4. The normalized spacial score (nSPS) is 26.0.